The van der Waals surface area contributed by atoms with Crippen molar-refractivity contribution in [2.24, 2.45) is 0 Å². The summed E-state index contributed by atoms with van der Waals surface area (Å²) < 4.78 is 7.09. The quantitative estimate of drug-likeness (QED) is 0.262. The predicted molar refractivity (Wildman–Crippen MR) is 158 cm³/mol. The number of para-hydroxylation sites is 1. The summed E-state index contributed by atoms with van der Waals surface area (Å²) in [5, 5.41) is 0.543. The number of aryl methyl sites for hydroxylation is 2. The molecule has 1 aromatic heterocycles. The van der Waals surface area contributed by atoms with Gasteiger partial charge in [-0.2, -0.15) is 0 Å². The molecule has 1 heterocycles. The van der Waals surface area contributed by atoms with E-state index in [1.54, 1.807) is 22.6 Å². The number of methoxy groups -OCH3 is 1. The molecule has 0 fully saturated rings. The summed E-state index contributed by atoms with van der Waals surface area (Å²) >= 11 is 0. The molecule has 6 nitrogen and oxygen atoms in total. The van der Waals surface area contributed by atoms with Crippen LogP contribution in [0.5, 0.6) is 0 Å². The first-order chi connectivity index (χ1) is 18.6. The average molecular weight is 526 g/mol. The smallest absolute Gasteiger partial charge is 0.266 e. The fourth-order valence-corrected chi connectivity index (χ4v) is 4.90. The van der Waals surface area contributed by atoms with Gasteiger partial charge in [0.15, 0.2) is 0 Å². The van der Waals surface area contributed by atoms with Crippen molar-refractivity contribution >= 4 is 16.8 Å². The lowest BCUT2D eigenvalue weighted by atomic mass is 9.86. The van der Waals surface area contributed by atoms with E-state index in [0.29, 0.717) is 41.9 Å². The second kappa shape index (κ2) is 11.5. The van der Waals surface area contributed by atoms with Gasteiger partial charge in [-0.15, -0.1) is 0 Å². The monoisotopic (exact) mass is 525 g/mol. The van der Waals surface area contributed by atoms with E-state index in [1.807, 2.05) is 81.4 Å². The maximum absolute atomic E-state index is 14.0. The van der Waals surface area contributed by atoms with Gasteiger partial charge < -0.3 is 9.64 Å². The third-order valence-electron chi connectivity index (χ3n) is 7.41. The van der Waals surface area contributed by atoms with Crippen molar-refractivity contribution in [3.05, 3.63) is 105 Å². The summed E-state index contributed by atoms with van der Waals surface area (Å²) in [6, 6.07) is 20.7. The maximum atomic E-state index is 14.0. The Bertz CT molecular complexity index is 1530. The largest absolute Gasteiger partial charge is 0.383 e. The molecule has 0 spiro atoms. The summed E-state index contributed by atoms with van der Waals surface area (Å²) in [5.74, 6) is 0.425. The van der Waals surface area contributed by atoms with Crippen molar-refractivity contribution in [1.29, 1.82) is 0 Å². The summed E-state index contributed by atoms with van der Waals surface area (Å²) in [5.41, 5.74) is 5.18. The molecule has 0 saturated heterocycles. The van der Waals surface area contributed by atoms with Gasteiger partial charge in [-0.3, -0.25) is 14.2 Å². The summed E-state index contributed by atoms with van der Waals surface area (Å²) in [4.78, 5) is 34.8. The van der Waals surface area contributed by atoms with Crippen LogP contribution in [0.4, 0.5) is 0 Å². The first-order valence-corrected chi connectivity index (χ1v) is 13.6. The molecular formula is C33H39N3O3. The van der Waals surface area contributed by atoms with Crippen LogP contribution in [0.1, 0.15) is 73.0 Å². The van der Waals surface area contributed by atoms with E-state index in [-0.39, 0.29) is 16.9 Å². The highest BCUT2D eigenvalue weighted by atomic mass is 16.5. The van der Waals surface area contributed by atoms with Crippen molar-refractivity contribution in [2.45, 2.75) is 59.4 Å². The van der Waals surface area contributed by atoms with Crippen LogP contribution >= 0.6 is 0 Å². The average Bonchev–Trinajstić information content (AvgIpc) is 2.92. The van der Waals surface area contributed by atoms with Crippen LogP contribution in [0.3, 0.4) is 0 Å². The zero-order valence-electron chi connectivity index (χ0n) is 24.1. The van der Waals surface area contributed by atoms with Crippen LogP contribution in [0.25, 0.3) is 16.6 Å². The number of fused-ring (bicyclic) bond motifs is 1. The van der Waals surface area contributed by atoms with E-state index in [1.165, 1.54) is 0 Å². The Morgan fingerprint density at radius 3 is 2.31 bits per heavy atom. The van der Waals surface area contributed by atoms with Crippen LogP contribution < -0.4 is 5.56 Å². The van der Waals surface area contributed by atoms with Gasteiger partial charge in [0.05, 0.1) is 29.2 Å². The lowest BCUT2D eigenvalue weighted by Gasteiger charge is -2.32. The molecule has 1 atom stereocenters. The highest BCUT2D eigenvalue weighted by Crippen LogP contribution is 2.29. The van der Waals surface area contributed by atoms with Gasteiger partial charge in [0.2, 0.25) is 0 Å². The van der Waals surface area contributed by atoms with E-state index in [9.17, 15) is 9.59 Å². The van der Waals surface area contributed by atoms with Crippen LogP contribution in [0, 0.1) is 13.8 Å². The van der Waals surface area contributed by atoms with Gasteiger partial charge in [-0.05, 0) is 78.8 Å². The predicted octanol–water partition coefficient (Wildman–Crippen LogP) is 6.54. The van der Waals surface area contributed by atoms with Gasteiger partial charge in [-0.1, -0.05) is 58.0 Å². The van der Waals surface area contributed by atoms with Crippen molar-refractivity contribution in [3.8, 4) is 5.69 Å². The van der Waals surface area contributed by atoms with E-state index < -0.39 is 6.04 Å². The highest BCUT2D eigenvalue weighted by molar-refractivity contribution is 5.94. The van der Waals surface area contributed by atoms with Gasteiger partial charge >= 0.3 is 0 Å². The molecule has 0 aliphatic heterocycles. The van der Waals surface area contributed by atoms with Gasteiger partial charge in [0.1, 0.15) is 5.82 Å². The zero-order valence-corrected chi connectivity index (χ0v) is 24.1. The minimum Gasteiger partial charge on any atom is -0.383 e. The third kappa shape index (κ3) is 5.81. The molecule has 39 heavy (non-hydrogen) atoms. The fraction of sp³-hybridized carbons (Fsp3) is 0.364. The Morgan fingerprint density at radius 1 is 1.00 bits per heavy atom. The molecule has 1 amide bonds. The molecule has 6 heteroatoms. The molecule has 3 aromatic carbocycles. The topological polar surface area (TPSA) is 64.4 Å². The number of hydrogen-bond donors (Lipinski definition) is 0. The first kappa shape index (κ1) is 28.2. The summed E-state index contributed by atoms with van der Waals surface area (Å²) in [6.45, 7) is 13.3. The lowest BCUT2D eigenvalue weighted by molar-refractivity contribution is 0.0579. The molecule has 0 bridgehead atoms. The second-order valence-electron chi connectivity index (χ2n) is 11.1. The fourth-order valence-electron chi connectivity index (χ4n) is 4.90. The summed E-state index contributed by atoms with van der Waals surface area (Å²) in [7, 11) is 1.63. The number of aromatic nitrogens is 2. The molecule has 0 aliphatic carbocycles. The molecule has 0 aliphatic rings. The van der Waals surface area contributed by atoms with Crippen molar-refractivity contribution in [3.63, 3.8) is 0 Å². The number of rotatable bonds is 8. The number of hydrogen-bond acceptors (Lipinski definition) is 4. The van der Waals surface area contributed by atoms with Crippen LogP contribution in [0.2, 0.25) is 0 Å². The Hall–Kier alpha value is -3.77. The first-order valence-electron chi connectivity index (χ1n) is 13.6. The van der Waals surface area contributed by atoms with Crippen LogP contribution in [0.15, 0.2) is 71.5 Å². The number of benzene rings is 3. The minimum atomic E-state index is -0.450. The zero-order chi connectivity index (χ0) is 28.3. The van der Waals surface area contributed by atoms with E-state index in [0.717, 1.165) is 22.4 Å². The van der Waals surface area contributed by atoms with Crippen molar-refractivity contribution in [1.82, 2.24) is 14.5 Å². The molecule has 0 radical (unpaired) electrons. The van der Waals surface area contributed by atoms with E-state index in [2.05, 4.69) is 20.8 Å². The SMILES string of the molecule is CCC(c1nc2ccccc2c(=O)n1-c1ccc(C)c(C)c1)N(CCOC)C(=O)c1ccc(C(C)(C)C)cc1. The minimum absolute atomic E-state index is 0.0134. The molecule has 0 N–H and O–H groups in total. The van der Waals surface area contributed by atoms with Crippen LogP contribution in [-0.4, -0.2) is 40.6 Å². The van der Waals surface area contributed by atoms with E-state index in [4.69, 9.17) is 9.72 Å². The van der Waals surface area contributed by atoms with Gasteiger partial charge in [0, 0.05) is 19.2 Å². The van der Waals surface area contributed by atoms with E-state index >= 15 is 0 Å². The highest BCUT2D eigenvalue weighted by Gasteiger charge is 2.30. The Balaban J connectivity index is 1.90. The number of carbonyl (C=O) groups excluding carboxylic acids is 1. The Labute approximate surface area is 231 Å². The van der Waals surface area contributed by atoms with Gasteiger partial charge in [-0.25, -0.2) is 4.98 Å². The number of nitrogens with zero attached hydrogens (tertiary/aromatic N) is 3. The number of carbonyl (C=O) groups is 1. The van der Waals surface area contributed by atoms with Crippen molar-refractivity contribution in [2.75, 3.05) is 20.3 Å². The molecule has 4 aromatic rings. The molecule has 204 valence electrons. The second-order valence-corrected chi connectivity index (χ2v) is 11.1. The van der Waals surface area contributed by atoms with Crippen molar-refractivity contribution < 1.29 is 9.53 Å². The molecular weight excluding hydrogens is 486 g/mol. The maximum Gasteiger partial charge on any atom is 0.266 e. The molecule has 0 saturated carbocycles. The Morgan fingerprint density at radius 2 is 1.69 bits per heavy atom. The normalized spacial score (nSPS) is 12.5. The standard InChI is InChI=1S/C33H39N3O3/c1-8-29(35(19-20-39-7)31(37)24-14-16-25(17-15-24)33(4,5)6)30-34-28-12-10-9-11-27(28)32(38)36(30)26-18-13-22(2)23(3)21-26/h9-18,21,29H,8,19-20H2,1-7H3. The number of amides is 1. The molecule has 4 rings (SSSR count). The summed E-state index contributed by atoms with van der Waals surface area (Å²) in [6.07, 6.45) is 0.575. The number of ether oxygens (including phenoxy) is 1. The molecule has 1 unspecified atom stereocenters. The Kier molecular flexibility index (Phi) is 8.36. The van der Waals surface area contributed by atoms with Crippen LogP contribution in [-0.2, 0) is 10.2 Å². The lowest BCUT2D eigenvalue weighted by Crippen LogP contribution is -2.40. The van der Waals surface area contributed by atoms with Gasteiger partial charge in [0.25, 0.3) is 11.5 Å². The third-order valence-corrected chi connectivity index (χ3v) is 7.41.